The summed E-state index contributed by atoms with van der Waals surface area (Å²) in [4.78, 5) is 0. The number of benzene rings is 1. The third-order valence-electron chi connectivity index (χ3n) is 3.37. The monoisotopic (exact) mass is 253 g/mol. The van der Waals surface area contributed by atoms with Crippen molar-refractivity contribution in [2.24, 2.45) is 0 Å². The zero-order valence-corrected chi connectivity index (χ0v) is 11.1. The van der Waals surface area contributed by atoms with Gasteiger partial charge in [-0.1, -0.05) is 19.9 Å². The number of rotatable bonds is 5. The Bertz CT molecular complexity index is 416. The van der Waals surface area contributed by atoms with E-state index in [-0.39, 0.29) is 17.0 Å². The number of hydrogen-bond donors (Lipinski definition) is 1. The SMILES string of the molecule is COc1ccc(C2(CNC(C)C)COC2)cc1F. The summed E-state index contributed by atoms with van der Waals surface area (Å²) in [6.45, 7) is 6.27. The molecule has 0 radical (unpaired) electrons. The summed E-state index contributed by atoms with van der Waals surface area (Å²) >= 11 is 0. The van der Waals surface area contributed by atoms with Crippen molar-refractivity contribution in [1.82, 2.24) is 5.32 Å². The van der Waals surface area contributed by atoms with Crippen molar-refractivity contribution in [3.05, 3.63) is 29.6 Å². The van der Waals surface area contributed by atoms with Crippen molar-refractivity contribution >= 4 is 0 Å². The average molecular weight is 253 g/mol. The van der Waals surface area contributed by atoms with Gasteiger partial charge in [0.25, 0.3) is 0 Å². The van der Waals surface area contributed by atoms with Crippen LogP contribution in [0, 0.1) is 5.82 Å². The van der Waals surface area contributed by atoms with Gasteiger partial charge in [-0.25, -0.2) is 4.39 Å². The van der Waals surface area contributed by atoms with Gasteiger partial charge in [0, 0.05) is 12.6 Å². The molecule has 1 aromatic carbocycles. The van der Waals surface area contributed by atoms with E-state index in [0.717, 1.165) is 12.1 Å². The van der Waals surface area contributed by atoms with E-state index >= 15 is 0 Å². The molecule has 1 heterocycles. The fraction of sp³-hybridized carbons (Fsp3) is 0.571. The summed E-state index contributed by atoms with van der Waals surface area (Å²) in [6, 6.07) is 5.57. The third kappa shape index (κ3) is 2.49. The summed E-state index contributed by atoms with van der Waals surface area (Å²) in [5.41, 5.74) is 0.873. The van der Waals surface area contributed by atoms with Crippen LogP contribution < -0.4 is 10.1 Å². The molecule has 0 bridgehead atoms. The summed E-state index contributed by atoms with van der Waals surface area (Å²) < 4.78 is 24.0. The second-order valence-electron chi connectivity index (χ2n) is 5.16. The van der Waals surface area contributed by atoms with E-state index in [4.69, 9.17) is 9.47 Å². The maximum Gasteiger partial charge on any atom is 0.165 e. The van der Waals surface area contributed by atoms with E-state index in [1.54, 1.807) is 12.1 Å². The Balaban J connectivity index is 2.19. The molecule has 18 heavy (non-hydrogen) atoms. The molecule has 1 aliphatic heterocycles. The van der Waals surface area contributed by atoms with Crippen molar-refractivity contribution < 1.29 is 13.9 Å². The van der Waals surface area contributed by atoms with Crippen molar-refractivity contribution in [3.8, 4) is 5.75 Å². The second-order valence-corrected chi connectivity index (χ2v) is 5.16. The minimum Gasteiger partial charge on any atom is -0.494 e. The molecule has 1 N–H and O–H groups in total. The minimum absolute atomic E-state index is 0.0998. The quantitative estimate of drug-likeness (QED) is 0.871. The van der Waals surface area contributed by atoms with Gasteiger partial charge in [0.1, 0.15) is 0 Å². The normalized spacial score (nSPS) is 17.6. The lowest BCUT2D eigenvalue weighted by Gasteiger charge is -2.42. The molecule has 1 fully saturated rings. The smallest absolute Gasteiger partial charge is 0.165 e. The van der Waals surface area contributed by atoms with Gasteiger partial charge in [-0.15, -0.1) is 0 Å². The zero-order chi connectivity index (χ0) is 13.2. The van der Waals surface area contributed by atoms with Crippen LogP contribution in [0.4, 0.5) is 4.39 Å². The molecule has 1 aromatic rings. The molecular weight excluding hydrogens is 233 g/mol. The van der Waals surface area contributed by atoms with Gasteiger partial charge >= 0.3 is 0 Å². The largest absolute Gasteiger partial charge is 0.494 e. The summed E-state index contributed by atoms with van der Waals surface area (Å²) in [5, 5.41) is 3.40. The van der Waals surface area contributed by atoms with Crippen LogP contribution in [0.5, 0.6) is 5.75 Å². The maximum atomic E-state index is 13.8. The molecule has 0 aliphatic carbocycles. The van der Waals surface area contributed by atoms with Gasteiger partial charge in [-0.2, -0.15) is 0 Å². The highest BCUT2D eigenvalue weighted by molar-refractivity contribution is 5.35. The third-order valence-corrected chi connectivity index (χ3v) is 3.37. The Morgan fingerprint density at radius 3 is 2.61 bits per heavy atom. The lowest BCUT2D eigenvalue weighted by molar-refractivity contribution is -0.0598. The highest BCUT2D eigenvalue weighted by Crippen LogP contribution is 2.34. The predicted molar refractivity (Wildman–Crippen MR) is 68.6 cm³/mol. The first-order chi connectivity index (χ1) is 8.57. The predicted octanol–water partition coefficient (Wildman–Crippen LogP) is 2.10. The van der Waals surface area contributed by atoms with Crippen molar-refractivity contribution in [3.63, 3.8) is 0 Å². The molecular formula is C14H20FNO2. The van der Waals surface area contributed by atoms with Crippen LogP contribution in [0.1, 0.15) is 19.4 Å². The summed E-state index contributed by atoms with van der Waals surface area (Å²) in [5.74, 6) is -0.0308. The number of ether oxygens (including phenoxy) is 2. The van der Waals surface area contributed by atoms with Crippen LogP contribution in [0.25, 0.3) is 0 Å². The summed E-state index contributed by atoms with van der Waals surface area (Å²) in [6.07, 6.45) is 0. The second kappa shape index (κ2) is 5.24. The highest BCUT2D eigenvalue weighted by atomic mass is 19.1. The molecule has 2 rings (SSSR count). The molecule has 0 amide bonds. The lowest BCUT2D eigenvalue weighted by atomic mass is 9.78. The molecule has 4 heteroatoms. The van der Waals surface area contributed by atoms with Gasteiger partial charge in [0.2, 0.25) is 0 Å². The Labute approximate surface area is 107 Å². The van der Waals surface area contributed by atoms with Crippen molar-refractivity contribution in [1.29, 1.82) is 0 Å². The Kier molecular flexibility index (Phi) is 3.88. The number of methoxy groups -OCH3 is 1. The molecule has 0 saturated carbocycles. The first kappa shape index (κ1) is 13.3. The molecule has 3 nitrogen and oxygen atoms in total. The van der Waals surface area contributed by atoms with Crippen LogP contribution >= 0.6 is 0 Å². The van der Waals surface area contributed by atoms with Gasteiger partial charge < -0.3 is 14.8 Å². The number of halogens is 1. The van der Waals surface area contributed by atoms with Crippen LogP contribution in [0.15, 0.2) is 18.2 Å². The highest BCUT2D eigenvalue weighted by Gasteiger charge is 2.40. The molecule has 1 aliphatic rings. The maximum absolute atomic E-state index is 13.8. The minimum atomic E-state index is -0.314. The molecule has 0 atom stereocenters. The standard InChI is InChI=1S/C14H20FNO2/c1-10(2)16-7-14(8-18-9-14)11-4-5-13(17-3)12(15)6-11/h4-6,10,16H,7-9H2,1-3H3. The average Bonchev–Trinajstić information content (AvgIpc) is 2.27. The van der Waals surface area contributed by atoms with E-state index < -0.39 is 0 Å². The zero-order valence-electron chi connectivity index (χ0n) is 11.1. The number of nitrogens with one attached hydrogen (secondary N) is 1. The van der Waals surface area contributed by atoms with Crippen LogP contribution in [-0.2, 0) is 10.2 Å². The first-order valence-corrected chi connectivity index (χ1v) is 6.22. The lowest BCUT2D eigenvalue weighted by Crippen LogP contribution is -2.54. The van der Waals surface area contributed by atoms with Crippen LogP contribution in [0.3, 0.4) is 0 Å². The van der Waals surface area contributed by atoms with Gasteiger partial charge in [0.05, 0.1) is 25.7 Å². The van der Waals surface area contributed by atoms with Crippen LogP contribution in [-0.4, -0.2) is 32.9 Å². The fourth-order valence-electron chi connectivity index (χ4n) is 2.12. The molecule has 0 spiro atoms. The number of hydrogen-bond acceptors (Lipinski definition) is 3. The van der Waals surface area contributed by atoms with Crippen molar-refractivity contribution in [2.75, 3.05) is 26.9 Å². The molecule has 100 valence electrons. The Morgan fingerprint density at radius 2 is 2.17 bits per heavy atom. The molecule has 0 unspecified atom stereocenters. The molecule has 0 aromatic heterocycles. The first-order valence-electron chi connectivity index (χ1n) is 6.22. The van der Waals surface area contributed by atoms with Gasteiger partial charge in [-0.3, -0.25) is 0 Å². The van der Waals surface area contributed by atoms with Gasteiger partial charge in [-0.05, 0) is 17.7 Å². The van der Waals surface area contributed by atoms with E-state index in [0.29, 0.717) is 19.3 Å². The molecule has 1 saturated heterocycles. The van der Waals surface area contributed by atoms with E-state index in [9.17, 15) is 4.39 Å². The van der Waals surface area contributed by atoms with Gasteiger partial charge in [0.15, 0.2) is 11.6 Å². The fourth-order valence-corrected chi connectivity index (χ4v) is 2.12. The van der Waals surface area contributed by atoms with E-state index in [1.807, 2.05) is 6.07 Å². The van der Waals surface area contributed by atoms with E-state index in [2.05, 4.69) is 19.2 Å². The topological polar surface area (TPSA) is 30.5 Å². The van der Waals surface area contributed by atoms with E-state index in [1.165, 1.54) is 7.11 Å². The Hall–Kier alpha value is -1.13. The Morgan fingerprint density at radius 1 is 1.44 bits per heavy atom. The van der Waals surface area contributed by atoms with Crippen molar-refractivity contribution in [2.45, 2.75) is 25.3 Å². The summed E-state index contributed by atoms with van der Waals surface area (Å²) in [7, 11) is 1.47. The van der Waals surface area contributed by atoms with Crippen LogP contribution in [0.2, 0.25) is 0 Å².